The molecule has 0 aromatic heterocycles. The molecule has 1 aromatic carbocycles. The SMILES string of the molecule is CCCNCC(c1ccccc1OC)C(C)CC. The Bertz CT molecular complexity index is 338. The van der Waals surface area contributed by atoms with E-state index >= 15 is 0 Å². The molecule has 0 amide bonds. The molecule has 0 fully saturated rings. The number of hydrogen-bond donors (Lipinski definition) is 1. The van der Waals surface area contributed by atoms with Gasteiger partial charge in [0.25, 0.3) is 0 Å². The fraction of sp³-hybridized carbons (Fsp3) is 0.625. The zero-order valence-electron chi connectivity index (χ0n) is 12.2. The molecule has 0 saturated carbocycles. The summed E-state index contributed by atoms with van der Waals surface area (Å²) < 4.78 is 5.50. The lowest BCUT2D eigenvalue weighted by molar-refractivity contribution is 0.377. The van der Waals surface area contributed by atoms with Gasteiger partial charge in [0.15, 0.2) is 0 Å². The van der Waals surface area contributed by atoms with Gasteiger partial charge in [0.1, 0.15) is 5.75 Å². The Hall–Kier alpha value is -1.02. The van der Waals surface area contributed by atoms with Gasteiger partial charge < -0.3 is 10.1 Å². The quantitative estimate of drug-likeness (QED) is 0.707. The van der Waals surface area contributed by atoms with Crippen molar-refractivity contribution in [2.75, 3.05) is 20.2 Å². The first-order valence-corrected chi connectivity index (χ1v) is 7.08. The summed E-state index contributed by atoms with van der Waals surface area (Å²) in [6, 6.07) is 8.40. The first-order valence-electron chi connectivity index (χ1n) is 7.08. The normalized spacial score (nSPS) is 14.2. The molecule has 0 heterocycles. The molecule has 2 nitrogen and oxygen atoms in total. The minimum Gasteiger partial charge on any atom is -0.496 e. The van der Waals surface area contributed by atoms with Gasteiger partial charge in [-0.1, -0.05) is 45.4 Å². The maximum atomic E-state index is 5.50. The van der Waals surface area contributed by atoms with Crippen molar-refractivity contribution >= 4 is 0 Å². The van der Waals surface area contributed by atoms with Crippen molar-refractivity contribution in [3.63, 3.8) is 0 Å². The molecule has 0 saturated heterocycles. The number of rotatable bonds is 8. The molecule has 18 heavy (non-hydrogen) atoms. The maximum absolute atomic E-state index is 5.50. The summed E-state index contributed by atoms with van der Waals surface area (Å²) in [5.74, 6) is 2.20. The highest BCUT2D eigenvalue weighted by molar-refractivity contribution is 5.36. The van der Waals surface area contributed by atoms with Gasteiger partial charge in [0.2, 0.25) is 0 Å². The Morgan fingerprint density at radius 3 is 2.56 bits per heavy atom. The Kier molecular flexibility index (Phi) is 6.81. The van der Waals surface area contributed by atoms with E-state index in [1.165, 1.54) is 18.4 Å². The molecule has 0 aliphatic rings. The standard InChI is InChI=1S/C16H27NO/c1-5-11-17-12-15(13(3)6-2)14-9-7-8-10-16(14)18-4/h7-10,13,15,17H,5-6,11-12H2,1-4H3. The number of hydrogen-bond acceptors (Lipinski definition) is 2. The molecule has 1 aromatic rings. The zero-order valence-corrected chi connectivity index (χ0v) is 12.2. The predicted octanol–water partition coefficient (Wildman–Crippen LogP) is 3.82. The lowest BCUT2D eigenvalue weighted by Crippen LogP contribution is -2.26. The number of methoxy groups -OCH3 is 1. The molecule has 0 aliphatic heterocycles. The number of ether oxygens (including phenoxy) is 1. The summed E-state index contributed by atoms with van der Waals surface area (Å²) in [4.78, 5) is 0. The zero-order chi connectivity index (χ0) is 13.4. The van der Waals surface area contributed by atoms with Crippen LogP contribution in [0.4, 0.5) is 0 Å². The Balaban J connectivity index is 2.86. The van der Waals surface area contributed by atoms with E-state index in [2.05, 4.69) is 44.3 Å². The Labute approximate surface area is 112 Å². The number of benzene rings is 1. The van der Waals surface area contributed by atoms with Crippen molar-refractivity contribution in [2.45, 2.75) is 39.5 Å². The van der Waals surface area contributed by atoms with Crippen LogP contribution in [-0.2, 0) is 0 Å². The van der Waals surface area contributed by atoms with Gasteiger partial charge in [-0.2, -0.15) is 0 Å². The van der Waals surface area contributed by atoms with Crippen molar-refractivity contribution in [1.82, 2.24) is 5.32 Å². The van der Waals surface area contributed by atoms with Crippen molar-refractivity contribution in [1.29, 1.82) is 0 Å². The predicted molar refractivity (Wildman–Crippen MR) is 78.4 cm³/mol. The minimum atomic E-state index is 0.526. The minimum absolute atomic E-state index is 0.526. The summed E-state index contributed by atoms with van der Waals surface area (Å²) >= 11 is 0. The van der Waals surface area contributed by atoms with E-state index in [0.29, 0.717) is 11.8 Å². The molecular formula is C16H27NO. The van der Waals surface area contributed by atoms with Crippen molar-refractivity contribution in [2.24, 2.45) is 5.92 Å². The molecule has 0 aliphatic carbocycles. The fourth-order valence-corrected chi connectivity index (χ4v) is 2.31. The topological polar surface area (TPSA) is 21.3 Å². The fourth-order valence-electron chi connectivity index (χ4n) is 2.31. The van der Waals surface area contributed by atoms with Crippen LogP contribution in [0.2, 0.25) is 0 Å². The van der Waals surface area contributed by atoms with Crippen LogP contribution < -0.4 is 10.1 Å². The van der Waals surface area contributed by atoms with Crippen molar-refractivity contribution in [3.05, 3.63) is 29.8 Å². The molecule has 1 rings (SSSR count). The molecule has 2 unspecified atom stereocenters. The van der Waals surface area contributed by atoms with Gasteiger partial charge in [-0.25, -0.2) is 0 Å². The average molecular weight is 249 g/mol. The first kappa shape index (κ1) is 15.0. The van der Waals surface area contributed by atoms with Crippen molar-refractivity contribution < 1.29 is 4.74 Å². The summed E-state index contributed by atoms with van der Waals surface area (Å²) in [6.07, 6.45) is 2.37. The molecule has 102 valence electrons. The van der Waals surface area contributed by atoms with E-state index in [1.54, 1.807) is 7.11 Å². The molecule has 0 spiro atoms. The van der Waals surface area contributed by atoms with Crippen LogP contribution in [0.3, 0.4) is 0 Å². The number of para-hydroxylation sites is 1. The average Bonchev–Trinajstić information content (AvgIpc) is 2.43. The van der Waals surface area contributed by atoms with Crippen molar-refractivity contribution in [3.8, 4) is 5.75 Å². The highest BCUT2D eigenvalue weighted by atomic mass is 16.5. The van der Waals surface area contributed by atoms with Gasteiger partial charge in [0.05, 0.1) is 7.11 Å². The third-order valence-corrected chi connectivity index (χ3v) is 3.66. The summed E-state index contributed by atoms with van der Waals surface area (Å²) in [5, 5.41) is 3.54. The summed E-state index contributed by atoms with van der Waals surface area (Å²) in [6.45, 7) is 8.90. The largest absolute Gasteiger partial charge is 0.496 e. The van der Waals surface area contributed by atoms with Crippen LogP contribution in [0.1, 0.15) is 45.1 Å². The lowest BCUT2D eigenvalue weighted by Gasteiger charge is -2.25. The van der Waals surface area contributed by atoms with E-state index in [-0.39, 0.29) is 0 Å². The summed E-state index contributed by atoms with van der Waals surface area (Å²) in [7, 11) is 1.76. The molecular weight excluding hydrogens is 222 g/mol. The molecule has 2 atom stereocenters. The third kappa shape index (κ3) is 4.02. The second-order valence-corrected chi connectivity index (χ2v) is 4.94. The van der Waals surface area contributed by atoms with Gasteiger partial charge >= 0.3 is 0 Å². The Morgan fingerprint density at radius 1 is 1.22 bits per heavy atom. The maximum Gasteiger partial charge on any atom is 0.122 e. The van der Waals surface area contributed by atoms with Crippen LogP contribution in [0.25, 0.3) is 0 Å². The lowest BCUT2D eigenvalue weighted by atomic mass is 9.85. The van der Waals surface area contributed by atoms with E-state index in [1.807, 2.05) is 6.07 Å². The highest BCUT2D eigenvalue weighted by Gasteiger charge is 2.20. The number of nitrogens with one attached hydrogen (secondary N) is 1. The molecule has 2 heteroatoms. The second kappa shape index (κ2) is 8.15. The smallest absolute Gasteiger partial charge is 0.122 e. The van der Waals surface area contributed by atoms with Crippen LogP contribution >= 0.6 is 0 Å². The van der Waals surface area contributed by atoms with Gasteiger partial charge in [0, 0.05) is 12.5 Å². The van der Waals surface area contributed by atoms with Gasteiger partial charge in [-0.15, -0.1) is 0 Å². The van der Waals surface area contributed by atoms with E-state index in [4.69, 9.17) is 4.74 Å². The highest BCUT2D eigenvalue weighted by Crippen LogP contribution is 2.32. The molecule has 0 bridgehead atoms. The van der Waals surface area contributed by atoms with E-state index < -0.39 is 0 Å². The van der Waals surface area contributed by atoms with Crippen LogP contribution in [0, 0.1) is 5.92 Å². The Morgan fingerprint density at radius 2 is 1.94 bits per heavy atom. The first-order chi connectivity index (χ1) is 8.74. The van der Waals surface area contributed by atoms with E-state index in [0.717, 1.165) is 18.8 Å². The van der Waals surface area contributed by atoms with Crippen LogP contribution in [0.5, 0.6) is 5.75 Å². The molecule has 1 N–H and O–H groups in total. The van der Waals surface area contributed by atoms with Gasteiger partial charge in [-0.3, -0.25) is 0 Å². The third-order valence-electron chi connectivity index (χ3n) is 3.66. The second-order valence-electron chi connectivity index (χ2n) is 4.94. The van der Waals surface area contributed by atoms with Gasteiger partial charge in [-0.05, 0) is 30.5 Å². The van der Waals surface area contributed by atoms with Crippen LogP contribution in [0.15, 0.2) is 24.3 Å². The molecule has 0 radical (unpaired) electrons. The monoisotopic (exact) mass is 249 g/mol. The van der Waals surface area contributed by atoms with E-state index in [9.17, 15) is 0 Å². The van der Waals surface area contributed by atoms with Crippen LogP contribution in [-0.4, -0.2) is 20.2 Å². The summed E-state index contributed by atoms with van der Waals surface area (Å²) in [5.41, 5.74) is 1.33.